The lowest BCUT2D eigenvalue weighted by Gasteiger charge is -2.30. The van der Waals surface area contributed by atoms with E-state index < -0.39 is 5.54 Å². The molecule has 1 rings (SSSR count). The van der Waals surface area contributed by atoms with Gasteiger partial charge in [0.1, 0.15) is 5.54 Å². The number of carbonyl (C=O) groups excluding carboxylic acids is 2. The summed E-state index contributed by atoms with van der Waals surface area (Å²) in [6.07, 6.45) is 5.99. The van der Waals surface area contributed by atoms with Crippen molar-refractivity contribution in [2.75, 3.05) is 6.54 Å². The fraction of sp³-hybridized carbons (Fsp3) is 0.882. The van der Waals surface area contributed by atoms with Gasteiger partial charge >= 0.3 is 0 Å². The van der Waals surface area contributed by atoms with Crippen molar-refractivity contribution in [2.45, 2.75) is 77.7 Å². The molecule has 2 atom stereocenters. The number of carbonyl (C=O) groups is 2. The Morgan fingerprint density at radius 2 is 1.71 bits per heavy atom. The van der Waals surface area contributed by atoms with E-state index in [1.54, 1.807) is 0 Å². The predicted octanol–water partition coefficient (Wildman–Crippen LogP) is 2.58. The molecule has 0 aromatic heterocycles. The standard InChI is InChI=1S/C17H32N2O2/c1-16(2,3)13-8-9-14(20)17(19,15(21)12-13)10-6-4-5-7-11-18/h13H,4-12,18-19H2,1-3H3. The van der Waals surface area contributed by atoms with E-state index in [9.17, 15) is 9.59 Å². The summed E-state index contributed by atoms with van der Waals surface area (Å²) < 4.78 is 0. The highest BCUT2D eigenvalue weighted by Crippen LogP contribution is 2.37. The van der Waals surface area contributed by atoms with Gasteiger partial charge in [0.2, 0.25) is 0 Å². The molecule has 1 aliphatic rings. The van der Waals surface area contributed by atoms with Crippen LogP contribution >= 0.6 is 0 Å². The second-order valence-electron chi connectivity index (χ2n) is 7.58. The minimum atomic E-state index is -1.23. The third-order valence-corrected chi connectivity index (χ3v) is 4.90. The van der Waals surface area contributed by atoms with Crippen molar-refractivity contribution in [1.29, 1.82) is 0 Å². The molecule has 1 fully saturated rings. The van der Waals surface area contributed by atoms with Gasteiger partial charge in [-0.3, -0.25) is 9.59 Å². The fourth-order valence-electron chi connectivity index (χ4n) is 3.11. The largest absolute Gasteiger partial charge is 0.330 e. The second kappa shape index (κ2) is 7.50. The normalized spacial score (nSPS) is 27.8. The summed E-state index contributed by atoms with van der Waals surface area (Å²) in [6.45, 7) is 7.09. The van der Waals surface area contributed by atoms with E-state index in [1.807, 2.05) is 0 Å². The Labute approximate surface area is 129 Å². The Balaban J connectivity index is 2.67. The second-order valence-corrected chi connectivity index (χ2v) is 7.58. The minimum Gasteiger partial charge on any atom is -0.330 e. The van der Waals surface area contributed by atoms with E-state index in [1.165, 1.54) is 0 Å². The van der Waals surface area contributed by atoms with Crippen LogP contribution in [-0.2, 0) is 9.59 Å². The number of nitrogens with two attached hydrogens (primary N) is 2. The summed E-state index contributed by atoms with van der Waals surface area (Å²) >= 11 is 0. The first kappa shape index (κ1) is 18.3. The first-order valence-electron chi connectivity index (χ1n) is 8.27. The van der Waals surface area contributed by atoms with Crippen molar-refractivity contribution in [3.8, 4) is 0 Å². The molecule has 0 aromatic rings. The Kier molecular flexibility index (Phi) is 6.54. The Hall–Kier alpha value is -0.740. The molecule has 2 unspecified atom stereocenters. The molecule has 1 aliphatic carbocycles. The van der Waals surface area contributed by atoms with E-state index >= 15 is 0 Å². The highest BCUT2D eigenvalue weighted by atomic mass is 16.2. The molecule has 4 nitrogen and oxygen atoms in total. The Morgan fingerprint density at radius 3 is 2.29 bits per heavy atom. The monoisotopic (exact) mass is 296 g/mol. The van der Waals surface area contributed by atoms with Gasteiger partial charge in [-0.2, -0.15) is 0 Å². The maximum absolute atomic E-state index is 12.6. The lowest BCUT2D eigenvalue weighted by Crippen LogP contribution is -2.54. The van der Waals surface area contributed by atoms with Gasteiger partial charge in [-0.1, -0.05) is 40.0 Å². The van der Waals surface area contributed by atoms with Crippen LogP contribution in [-0.4, -0.2) is 23.7 Å². The van der Waals surface area contributed by atoms with E-state index in [0.717, 1.165) is 32.1 Å². The molecule has 0 saturated heterocycles. The van der Waals surface area contributed by atoms with Crippen LogP contribution in [0.5, 0.6) is 0 Å². The summed E-state index contributed by atoms with van der Waals surface area (Å²) in [4.78, 5) is 24.9. The van der Waals surface area contributed by atoms with Crippen molar-refractivity contribution in [2.24, 2.45) is 22.8 Å². The number of ketones is 2. The highest BCUT2D eigenvalue weighted by Gasteiger charge is 2.45. The number of hydrogen-bond donors (Lipinski definition) is 2. The third-order valence-electron chi connectivity index (χ3n) is 4.90. The molecule has 0 bridgehead atoms. The molecular weight excluding hydrogens is 264 g/mol. The Bertz CT molecular complexity index is 373. The van der Waals surface area contributed by atoms with Crippen LogP contribution in [0.25, 0.3) is 0 Å². The topological polar surface area (TPSA) is 86.2 Å². The predicted molar refractivity (Wildman–Crippen MR) is 85.9 cm³/mol. The van der Waals surface area contributed by atoms with Crippen LogP contribution < -0.4 is 11.5 Å². The molecule has 0 aromatic carbocycles. The van der Waals surface area contributed by atoms with E-state index in [2.05, 4.69) is 20.8 Å². The molecule has 122 valence electrons. The maximum atomic E-state index is 12.6. The first-order valence-corrected chi connectivity index (χ1v) is 8.27. The van der Waals surface area contributed by atoms with Crippen LogP contribution in [0.1, 0.15) is 72.1 Å². The van der Waals surface area contributed by atoms with Crippen LogP contribution in [0.4, 0.5) is 0 Å². The van der Waals surface area contributed by atoms with Crippen LogP contribution in [0.2, 0.25) is 0 Å². The molecule has 0 aliphatic heterocycles. The van der Waals surface area contributed by atoms with Crippen molar-refractivity contribution < 1.29 is 9.59 Å². The fourth-order valence-corrected chi connectivity index (χ4v) is 3.11. The number of hydrogen-bond acceptors (Lipinski definition) is 4. The van der Waals surface area contributed by atoms with Gasteiger partial charge in [0.05, 0.1) is 0 Å². The number of Topliss-reactive ketones (excluding diaryl/α,β-unsaturated/α-hetero) is 2. The van der Waals surface area contributed by atoms with Crippen LogP contribution in [0.3, 0.4) is 0 Å². The molecule has 0 heterocycles. The average molecular weight is 296 g/mol. The first-order chi connectivity index (χ1) is 9.71. The Morgan fingerprint density at radius 1 is 1.10 bits per heavy atom. The summed E-state index contributed by atoms with van der Waals surface area (Å²) in [5.41, 5.74) is 10.5. The van der Waals surface area contributed by atoms with Gasteiger partial charge in [0.15, 0.2) is 11.6 Å². The van der Waals surface area contributed by atoms with Gasteiger partial charge in [-0.15, -0.1) is 0 Å². The highest BCUT2D eigenvalue weighted by molar-refractivity contribution is 6.11. The smallest absolute Gasteiger partial charge is 0.160 e. The maximum Gasteiger partial charge on any atom is 0.160 e. The van der Waals surface area contributed by atoms with E-state index in [4.69, 9.17) is 11.5 Å². The molecule has 1 saturated carbocycles. The zero-order chi connectivity index (χ0) is 16.1. The summed E-state index contributed by atoms with van der Waals surface area (Å²) in [6, 6.07) is 0. The molecule has 21 heavy (non-hydrogen) atoms. The summed E-state index contributed by atoms with van der Waals surface area (Å²) in [5.74, 6) is 0.137. The van der Waals surface area contributed by atoms with Crippen molar-refractivity contribution in [1.82, 2.24) is 0 Å². The van der Waals surface area contributed by atoms with Gasteiger partial charge in [0.25, 0.3) is 0 Å². The minimum absolute atomic E-state index is 0.0440. The number of unbranched alkanes of at least 4 members (excludes halogenated alkanes) is 3. The molecule has 0 radical (unpaired) electrons. The number of rotatable bonds is 6. The van der Waals surface area contributed by atoms with Gasteiger partial charge in [0, 0.05) is 12.8 Å². The van der Waals surface area contributed by atoms with Crippen molar-refractivity contribution in [3.05, 3.63) is 0 Å². The lowest BCUT2D eigenvalue weighted by molar-refractivity contribution is -0.134. The van der Waals surface area contributed by atoms with Crippen LogP contribution in [0.15, 0.2) is 0 Å². The van der Waals surface area contributed by atoms with Crippen LogP contribution in [0, 0.1) is 11.3 Å². The van der Waals surface area contributed by atoms with Crippen molar-refractivity contribution >= 4 is 11.6 Å². The van der Waals surface area contributed by atoms with E-state index in [-0.39, 0.29) is 22.9 Å². The summed E-state index contributed by atoms with van der Waals surface area (Å²) in [7, 11) is 0. The quantitative estimate of drug-likeness (QED) is 0.448. The zero-order valence-corrected chi connectivity index (χ0v) is 13.9. The SMILES string of the molecule is CC(C)(C)C1CCC(=O)C(N)(CCCCCCN)C(=O)C1. The zero-order valence-electron chi connectivity index (χ0n) is 13.9. The van der Waals surface area contributed by atoms with Gasteiger partial charge in [-0.05, 0) is 37.1 Å². The molecule has 4 N–H and O–H groups in total. The van der Waals surface area contributed by atoms with E-state index in [0.29, 0.717) is 25.8 Å². The molecule has 0 amide bonds. The van der Waals surface area contributed by atoms with Gasteiger partial charge < -0.3 is 11.5 Å². The average Bonchev–Trinajstić information content (AvgIpc) is 2.50. The molecular formula is C17H32N2O2. The molecule has 0 spiro atoms. The summed E-state index contributed by atoms with van der Waals surface area (Å²) in [5, 5.41) is 0. The van der Waals surface area contributed by atoms with Gasteiger partial charge in [-0.25, -0.2) is 0 Å². The third kappa shape index (κ3) is 4.89. The molecule has 4 heteroatoms. The lowest BCUT2D eigenvalue weighted by atomic mass is 9.75. The van der Waals surface area contributed by atoms with Crippen molar-refractivity contribution in [3.63, 3.8) is 0 Å².